The molecule has 0 amide bonds. The van der Waals surface area contributed by atoms with E-state index in [1.54, 1.807) is 0 Å². The molecule has 1 aromatic heterocycles. The minimum Gasteiger partial charge on any atom is -0.481 e. The number of hydrogen-bond acceptors (Lipinski definition) is 3. The molecule has 0 unspecified atom stereocenters. The van der Waals surface area contributed by atoms with Crippen LogP contribution in [0.5, 0.6) is 0 Å². The molecular weight excluding hydrogens is 270 g/mol. The van der Waals surface area contributed by atoms with Gasteiger partial charge in [-0.1, -0.05) is 20.8 Å². The number of carboxylic acids is 1. The lowest BCUT2D eigenvalue weighted by molar-refractivity contribution is -0.137. The van der Waals surface area contributed by atoms with Crippen LogP contribution in [-0.2, 0) is 16.8 Å². The zero-order valence-corrected chi connectivity index (χ0v) is 14.1. The standard InChI is InChI=1S/C16H27NO2S/c1-12(2)17(10-6-7-15(18)19)11-13-8-9-14(20-13)16(3,4)5/h8-9,12H,6-7,10-11H2,1-5H3,(H,18,19). The molecule has 1 aromatic rings. The maximum atomic E-state index is 10.6. The molecule has 1 heterocycles. The summed E-state index contributed by atoms with van der Waals surface area (Å²) in [6.07, 6.45) is 0.964. The molecule has 0 aliphatic carbocycles. The van der Waals surface area contributed by atoms with Gasteiger partial charge in [-0.2, -0.15) is 0 Å². The van der Waals surface area contributed by atoms with Crippen LogP contribution in [0.25, 0.3) is 0 Å². The van der Waals surface area contributed by atoms with Gasteiger partial charge in [-0.05, 0) is 44.4 Å². The zero-order valence-electron chi connectivity index (χ0n) is 13.3. The first-order valence-corrected chi connectivity index (χ1v) is 8.07. The second-order valence-electron chi connectivity index (χ2n) is 6.58. The van der Waals surface area contributed by atoms with Gasteiger partial charge in [0.25, 0.3) is 0 Å². The maximum Gasteiger partial charge on any atom is 0.303 e. The molecule has 114 valence electrons. The number of aliphatic carboxylic acids is 1. The Morgan fingerprint density at radius 3 is 2.45 bits per heavy atom. The Morgan fingerprint density at radius 1 is 1.35 bits per heavy atom. The van der Waals surface area contributed by atoms with Crippen LogP contribution in [0.2, 0.25) is 0 Å². The number of rotatable bonds is 7. The predicted molar refractivity (Wildman–Crippen MR) is 85.4 cm³/mol. The fourth-order valence-electron chi connectivity index (χ4n) is 2.02. The third-order valence-electron chi connectivity index (χ3n) is 3.33. The molecule has 0 aliphatic rings. The first-order chi connectivity index (χ1) is 9.20. The van der Waals surface area contributed by atoms with Crippen molar-refractivity contribution < 1.29 is 9.90 Å². The van der Waals surface area contributed by atoms with E-state index in [0.29, 0.717) is 12.5 Å². The highest BCUT2D eigenvalue weighted by atomic mass is 32.1. The number of carbonyl (C=O) groups is 1. The lowest BCUT2D eigenvalue weighted by atomic mass is 9.95. The summed E-state index contributed by atoms with van der Waals surface area (Å²) in [5.41, 5.74) is 0.203. The van der Waals surface area contributed by atoms with E-state index >= 15 is 0 Å². The van der Waals surface area contributed by atoms with Crippen LogP contribution in [0, 0.1) is 0 Å². The third kappa shape index (κ3) is 5.63. The van der Waals surface area contributed by atoms with Gasteiger partial charge >= 0.3 is 5.97 Å². The molecule has 0 fully saturated rings. The van der Waals surface area contributed by atoms with Crippen LogP contribution < -0.4 is 0 Å². The average Bonchev–Trinajstić information content (AvgIpc) is 2.75. The summed E-state index contributed by atoms with van der Waals surface area (Å²) in [4.78, 5) is 15.7. The summed E-state index contributed by atoms with van der Waals surface area (Å²) in [5.74, 6) is -0.708. The van der Waals surface area contributed by atoms with Crippen molar-refractivity contribution in [1.82, 2.24) is 4.90 Å². The van der Waals surface area contributed by atoms with E-state index in [1.807, 2.05) is 11.3 Å². The molecule has 0 saturated heterocycles. The van der Waals surface area contributed by atoms with Crippen LogP contribution in [-0.4, -0.2) is 28.6 Å². The average molecular weight is 297 g/mol. The van der Waals surface area contributed by atoms with Gasteiger partial charge in [0.2, 0.25) is 0 Å². The molecule has 20 heavy (non-hydrogen) atoms. The lowest BCUT2D eigenvalue weighted by Crippen LogP contribution is -2.31. The molecule has 0 atom stereocenters. The monoisotopic (exact) mass is 297 g/mol. The van der Waals surface area contributed by atoms with Crippen LogP contribution in [0.15, 0.2) is 12.1 Å². The van der Waals surface area contributed by atoms with Gasteiger partial charge in [-0.15, -0.1) is 11.3 Å². The Bertz CT molecular complexity index is 432. The Balaban J connectivity index is 2.61. The van der Waals surface area contributed by atoms with Crippen molar-refractivity contribution >= 4 is 17.3 Å². The molecule has 0 saturated carbocycles. The Morgan fingerprint density at radius 2 is 2.00 bits per heavy atom. The van der Waals surface area contributed by atoms with Crippen LogP contribution in [0.1, 0.15) is 57.2 Å². The molecule has 3 nitrogen and oxygen atoms in total. The fraction of sp³-hybridized carbons (Fsp3) is 0.688. The highest BCUT2D eigenvalue weighted by Gasteiger charge is 2.18. The SMILES string of the molecule is CC(C)N(CCCC(=O)O)Cc1ccc(C(C)(C)C)s1. The van der Waals surface area contributed by atoms with Crippen molar-refractivity contribution in [3.8, 4) is 0 Å². The zero-order chi connectivity index (χ0) is 15.3. The summed E-state index contributed by atoms with van der Waals surface area (Å²) in [7, 11) is 0. The molecule has 0 aromatic carbocycles. The lowest BCUT2D eigenvalue weighted by Gasteiger charge is -2.25. The van der Waals surface area contributed by atoms with E-state index in [4.69, 9.17) is 5.11 Å². The van der Waals surface area contributed by atoms with Crippen molar-refractivity contribution in [3.63, 3.8) is 0 Å². The summed E-state index contributed by atoms with van der Waals surface area (Å²) < 4.78 is 0. The second kappa shape index (κ2) is 7.23. The third-order valence-corrected chi connectivity index (χ3v) is 4.82. The van der Waals surface area contributed by atoms with Crippen molar-refractivity contribution in [3.05, 3.63) is 21.9 Å². The molecule has 4 heteroatoms. The van der Waals surface area contributed by atoms with Crippen molar-refractivity contribution in [2.75, 3.05) is 6.54 Å². The van der Waals surface area contributed by atoms with Crippen LogP contribution in [0.4, 0.5) is 0 Å². The second-order valence-corrected chi connectivity index (χ2v) is 7.75. The van der Waals surface area contributed by atoms with Gasteiger partial charge in [0, 0.05) is 28.8 Å². The normalized spacial score (nSPS) is 12.3. The van der Waals surface area contributed by atoms with Gasteiger partial charge in [-0.3, -0.25) is 9.69 Å². The van der Waals surface area contributed by atoms with Crippen LogP contribution >= 0.6 is 11.3 Å². The first kappa shape index (κ1) is 17.2. The minimum atomic E-state index is -0.708. The number of carboxylic acid groups (broad SMARTS) is 1. The predicted octanol–water partition coefficient (Wildman–Crippen LogP) is 4.12. The van der Waals surface area contributed by atoms with E-state index < -0.39 is 5.97 Å². The number of hydrogen-bond donors (Lipinski definition) is 1. The number of thiophene rings is 1. The molecule has 0 bridgehead atoms. The minimum absolute atomic E-state index is 0.203. The highest BCUT2D eigenvalue weighted by Crippen LogP contribution is 2.30. The molecule has 1 N–H and O–H groups in total. The van der Waals surface area contributed by atoms with E-state index in [9.17, 15) is 4.79 Å². The Kier molecular flexibility index (Phi) is 6.21. The van der Waals surface area contributed by atoms with Gasteiger partial charge in [0.15, 0.2) is 0 Å². The van der Waals surface area contributed by atoms with E-state index in [1.165, 1.54) is 9.75 Å². The Labute approximate surface area is 126 Å². The molecule has 0 aliphatic heterocycles. The molecule has 0 radical (unpaired) electrons. The van der Waals surface area contributed by atoms with Crippen LogP contribution in [0.3, 0.4) is 0 Å². The molecule has 1 rings (SSSR count). The van der Waals surface area contributed by atoms with Gasteiger partial charge in [0.1, 0.15) is 0 Å². The first-order valence-electron chi connectivity index (χ1n) is 7.25. The summed E-state index contributed by atoms with van der Waals surface area (Å²) in [6.45, 7) is 12.8. The van der Waals surface area contributed by atoms with Crippen molar-refractivity contribution in [2.24, 2.45) is 0 Å². The van der Waals surface area contributed by atoms with Gasteiger partial charge < -0.3 is 5.11 Å². The Hall–Kier alpha value is -0.870. The number of nitrogens with zero attached hydrogens (tertiary/aromatic N) is 1. The summed E-state index contributed by atoms with van der Waals surface area (Å²) >= 11 is 1.87. The van der Waals surface area contributed by atoms with E-state index in [-0.39, 0.29) is 11.8 Å². The molecular formula is C16H27NO2S. The van der Waals surface area contributed by atoms with Crippen molar-refractivity contribution in [1.29, 1.82) is 0 Å². The molecule has 0 spiro atoms. The topological polar surface area (TPSA) is 40.5 Å². The summed E-state index contributed by atoms with van der Waals surface area (Å²) in [6, 6.07) is 4.86. The summed E-state index contributed by atoms with van der Waals surface area (Å²) in [5, 5.41) is 8.73. The smallest absolute Gasteiger partial charge is 0.303 e. The maximum absolute atomic E-state index is 10.6. The largest absolute Gasteiger partial charge is 0.481 e. The van der Waals surface area contributed by atoms with Gasteiger partial charge in [0.05, 0.1) is 0 Å². The highest BCUT2D eigenvalue weighted by molar-refractivity contribution is 7.12. The fourth-order valence-corrected chi connectivity index (χ4v) is 3.11. The van der Waals surface area contributed by atoms with Crippen molar-refractivity contribution in [2.45, 2.75) is 65.5 Å². The van der Waals surface area contributed by atoms with Gasteiger partial charge in [-0.25, -0.2) is 0 Å². The quantitative estimate of drug-likeness (QED) is 0.823. The van der Waals surface area contributed by atoms with E-state index in [0.717, 1.165) is 13.1 Å². The van der Waals surface area contributed by atoms with E-state index in [2.05, 4.69) is 51.7 Å².